The molecular formula is C23H19N7. The van der Waals surface area contributed by atoms with Gasteiger partial charge in [-0.3, -0.25) is 0 Å². The molecule has 7 heteroatoms. The van der Waals surface area contributed by atoms with Gasteiger partial charge in [-0.05, 0) is 31.2 Å². The van der Waals surface area contributed by atoms with Gasteiger partial charge >= 0.3 is 0 Å². The minimum absolute atomic E-state index is 0.296. The van der Waals surface area contributed by atoms with E-state index in [2.05, 4.69) is 15.3 Å². The number of hydrogen-bond donors (Lipinski definition) is 1. The van der Waals surface area contributed by atoms with Crippen molar-refractivity contribution in [3.05, 3.63) is 90.5 Å². The van der Waals surface area contributed by atoms with Gasteiger partial charge in [-0.1, -0.05) is 66.2 Å². The number of hydrogen-bond acceptors (Lipinski definition) is 5. The fourth-order valence-electron chi connectivity index (χ4n) is 3.27. The molecule has 0 amide bonds. The van der Waals surface area contributed by atoms with Crippen LogP contribution in [0.2, 0.25) is 0 Å². The molecule has 0 unspecified atom stereocenters. The summed E-state index contributed by atoms with van der Waals surface area (Å²) in [4.78, 5) is 0. The van der Waals surface area contributed by atoms with Crippen LogP contribution in [-0.4, -0.2) is 19.4 Å². The van der Waals surface area contributed by atoms with Crippen LogP contribution >= 0.6 is 0 Å². The molecule has 2 heterocycles. The standard InChI is InChI=1S/C23H19N7/c1-16-12-14-18(15-13-16)25-26-20-21(24)27-30-22(17-8-4-2-5-9-17)28-29(23(20)30)19-10-6-3-7-11-19/h2-15H,1H3,(H2,24,27). The second-order valence-corrected chi connectivity index (χ2v) is 6.94. The van der Waals surface area contributed by atoms with Crippen molar-refractivity contribution in [2.45, 2.75) is 6.92 Å². The molecule has 5 aromatic rings. The van der Waals surface area contributed by atoms with Crippen molar-refractivity contribution in [1.29, 1.82) is 0 Å². The lowest BCUT2D eigenvalue weighted by atomic mass is 10.2. The minimum atomic E-state index is 0.296. The van der Waals surface area contributed by atoms with Crippen molar-refractivity contribution in [2.24, 2.45) is 10.2 Å². The number of azo groups is 1. The number of aromatic nitrogens is 4. The molecule has 2 N–H and O–H groups in total. The molecule has 0 fully saturated rings. The van der Waals surface area contributed by atoms with E-state index in [9.17, 15) is 0 Å². The highest BCUT2D eigenvalue weighted by Gasteiger charge is 2.21. The number of para-hydroxylation sites is 1. The van der Waals surface area contributed by atoms with Gasteiger partial charge in [-0.2, -0.15) is 9.63 Å². The number of nitrogens with zero attached hydrogens (tertiary/aromatic N) is 6. The molecule has 0 bridgehead atoms. The normalized spacial score (nSPS) is 11.5. The zero-order valence-electron chi connectivity index (χ0n) is 16.3. The molecule has 7 nitrogen and oxygen atoms in total. The van der Waals surface area contributed by atoms with Gasteiger partial charge in [0.2, 0.25) is 0 Å². The Morgan fingerprint density at radius 3 is 2.13 bits per heavy atom. The lowest BCUT2D eigenvalue weighted by Gasteiger charge is -2.01. The average Bonchev–Trinajstić information content (AvgIpc) is 3.30. The topological polar surface area (TPSA) is 85.9 Å². The summed E-state index contributed by atoms with van der Waals surface area (Å²) in [6.07, 6.45) is 0. The number of rotatable bonds is 4. The molecule has 0 spiro atoms. The largest absolute Gasteiger partial charge is 0.380 e. The zero-order valence-corrected chi connectivity index (χ0v) is 16.3. The van der Waals surface area contributed by atoms with Crippen molar-refractivity contribution in [2.75, 3.05) is 5.73 Å². The van der Waals surface area contributed by atoms with Crippen LogP contribution in [-0.2, 0) is 0 Å². The van der Waals surface area contributed by atoms with Crippen LogP contribution in [0.1, 0.15) is 5.56 Å². The number of nitrogen functional groups attached to an aromatic ring is 1. The Labute approximate surface area is 173 Å². The van der Waals surface area contributed by atoms with E-state index < -0.39 is 0 Å². The van der Waals surface area contributed by atoms with Crippen molar-refractivity contribution in [3.63, 3.8) is 0 Å². The predicted octanol–water partition coefficient (Wildman–Crippen LogP) is 5.49. The first-order valence-corrected chi connectivity index (χ1v) is 9.57. The molecule has 0 atom stereocenters. The third-order valence-electron chi connectivity index (χ3n) is 4.79. The summed E-state index contributed by atoms with van der Waals surface area (Å²) >= 11 is 0. The predicted molar refractivity (Wildman–Crippen MR) is 118 cm³/mol. The highest BCUT2D eigenvalue weighted by atomic mass is 15.5. The van der Waals surface area contributed by atoms with Gasteiger partial charge in [-0.15, -0.1) is 15.3 Å². The van der Waals surface area contributed by atoms with Crippen molar-refractivity contribution in [3.8, 4) is 17.1 Å². The summed E-state index contributed by atoms with van der Waals surface area (Å²) < 4.78 is 3.52. The molecule has 3 aromatic carbocycles. The van der Waals surface area contributed by atoms with Crippen LogP contribution < -0.4 is 5.73 Å². The van der Waals surface area contributed by atoms with Crippen LogP contribution in [0, 0.1) is 6.92 Å². The maximum absolute atomic E-state index is 6.25. The number of fused-ring (bicyclic) bond motifs is 1. The van der Waals surface area contributed by atoms with Gasteiger partial charge in [0, 0.05) is 5.56 Å². The molecule has 0 saturated heterocycles. The van der Waals surface area contributed by atoms with Gasteiger partial charge < -0.3 is 5.73 Å². The summed E-state index contributed by atoms with van der Waals surface area (Å²) in [6.45, 7) is 2.03. The molecule has 0 saturated carbocycles. The molecule has 2 aromatic heterocycles. The van der Waals surface area contributed by atoms with E-state index in [1.54, 1.807) is 9.20 Å². The van der Waals surface area contributed by atoms with Crippen molar-refractivity contribution < 1.29 is 0 Å². The lowest BCUT2D eigenvalue weighted by Crippen LogP contribution is -1.96. The number of anilines is 1. The Bertz CT molecular complexity index is 1330. The third-order valence-corrected chi connectivity index (χ3v) is 4.79. The second kappa shape index (κ2) is 7.29. The summed E-state index contributed by atoms with van der Waals surface area (Å²) in [5, 5.41) is 18.1. The molecule has 30 heavy (non-hydrogen) atoms. The fraction of sp³-hybridized carbons (Fsp3) is 0.0435. The maximum atomic E-state index is 6.25. The Morgan fingerprint density at radius 2 is 1.43 bits per heavy atom. The first-order chi connectivity index (χ1) is 14.7. The van der Waals surface area contributed by atoms with Crippen LogP contribution in [0.4, 0.5) is 17.2 Å². The van der Waals surface area contributed by atoms with Crippen LogP contribution in [0.5, 0.6) is 0 Å². The van der Waals surface area contributed by atoms with Crippen LogP contribution in [0.25, 0.3) is 22.7 Å². The smallest absolute Gasteiger partial charge is 0.189 e. The summed E-state index contributed by atoms with van der Waals surface area (Å²) in [5.74, 6) is 0.975. The number of nitrogens with two attached hydrogens (primary N) is 1. The molecule has 0 radical (unpaired) electrons. The molecular weight excluding hydrogens is 374 g/mol. The van der Waals surface area contributed by atoms with Crippen LogP contribution in [0.3, 0.4) is 0 Å². The van der Waals surface area contributed by atoms with Gasteiger partial charge in [-0.25, -0.2) is 4.68 Å². The quantitative estimate of drug-likeness (QED) is 0.409. The number of benzene rings is 3. The second-order valence-electron chi connectivity index (χ2n) is 6.94. The van der Waals surface area contributed by atoms with E-state index in [1.807, 2.05) is 91.9 Å². The van der Waals surface area contributed by atoms with E-state index >= 15 is 0 Å². The molecule has 0 aliphatic heterocycles. The monoisotopic (exact) mass is 393 g/mol. The molecule has 146 valence electrons. The zero-order chi connectivity index (χ0) is 20.5. The SMILES string of the molecule is Cc1ccc(N=Nc2c(N)nn3c(-c4ccccc4)nn(-c4ccccc4)c23)cc1. The summed E-state index contributed by atoms with van der Waals surface area (Å²) in [6, 6.07) is 27.5. The van der Waals surface area contributed by atoms with Gasteiger partial charge in [0.05, 0.1) is 11.4 Å². The molecule has 0 aliphatic rings. The van der Waals surface area contributed by atoms with Gasteiger partial charge in [0.15, 0.2) is 23.0 Å². The highest BCUT2D eigenvalue weighted by molar-refractivity contribution is 5.79. The summed E-state index contributed by atoms with van der Waals surface area (Å²) in [5.41, 5.74) is 11.1. The fourth-order valence-corrected chi connectivity index (χ4v) is 3.27. The minimum Gasteiger partial charge on any atom is -0.380 e. The van der Waals surface area contributed by atoms with Crippen LogP contribution in [0.15, 0.2) is 95.2 Å². The maximum Gasteiger partial charge on any atom is 0.189 e. The number of aryl methyl sites for hydroxylation is 1. The molecule has 0 aliphatic carbocycles. The van der Waals surface area contributed by atoms with E-state index in [0.29, 0.717) is 23.0 Å². The lowest BCUT2D eigenvalue weighted by molar-refractivity contribution is 0.913. The molecule has 5 rings (SSSR count). The van der Waals surface area contributed by atoms with E-state index in [1.165, 1.54) is 0 Å². The Hall–Kier alpha value is -4.26. The van der Waals surface area contributed by atoms with E-state index in [4.69, 9.17) is 10.8 Å². The van der Waals surface area contributed by atoms with Gasteiger partial charge in [0.25, 0.3) is 0 Å². The average molecular weight is 393 g/mol. The Balaban J connectivity index is 1.72. The third kappa shape index (κ3) is 3.12. The van der Waals surface area contributed by atoms with Crippen molar-refractivity contribution >= 4 is 22.8 Å². The Morgan fingerprint density at radius 1 is 0.767 bits per heavy atom. The summed E-state index contributed by atoms with van der Waals surface area (Å²) in [7, 11) is 0. The first-order valence-electron chi connectivity index (χ1n) is 9.57. The highest BCUT2D eigenvalue weighted by Crippen LogP contribution is 2.34. The Kier molecular flexibility index (Phi) is 4.33. The van der Waals surface area contributed by atoms with Gasteiger partial charge in [0.1, 0.15) is 0 Å². The van der Waals surface area contributed by atoms with E-state index in [0.717, 1.165) is 22.5 Å². The first kappa shape index (κ1) is 17.8. The van der Waals surface area contributed by atoms with E-state index in [-0.39, 0.29) is 0 Å². The van der Waals surface area contributed by atoms with Crippen molar-refractivity contribution in [1.82, 2.24) is 19.4 Å².